The van der Waals surface area contributed by atoms with Crippen LogP contribution in [0.15, 0.2) is 35.7 Å². The number of nitrogens with zero attached hydrogens (tertiary/aromatic N) is 1. The third kappa shape index (κ3) is 8.29. The van der Waals surface area contributed by atoms with Crippen LogP contribution in [0.25, 0.3) is 0 Å². The lowest BCUT2D eigenvalue weighted by molar-refractivity contribution is -0.140. The molecule has 0 bridgehead atoms. The van der Waals surface area contributed by atoms with Crippen LogP contribution in [0, 0.1) is 11.3 Å². The maximum Gasteiger partial charge on any atom is 0.243 e. The number of rotatable bonds is 11. The van der Waals surface area contributed by atoms with Crippen molar-refractivity contribution in [3.05, 3.63) is 51.7 Å². The molecule has 1 saturated heterocycles. The lowest BCUT2D eigenvalue weighted by atomic mass is 9.87. The number of ether oxygens (including phenoxy) is 1. The molecule has 3 amide bonds. The summed E-state index contributed by atoms with van der Waals surface area (Å²) in [4.78, 5) is 40.9. The second-order valence-corrected chi connectivity index (χ2v) is 12.2. The SMILES string of the molecule is CC1[C@@H](C)CC(C(=O)NCc2cc(C(=N)N)cs2)N1C(=O)CNC(=O)CCCOc1ccc(C(C)(C)C)cc1. The first kappa shape index (κ1) is 30.1. The molecule has 1 aromatic heterocycles. The quantitative estimate of drug-likeness (QED) is 0.191. The first-order valence-corrected chi connectivity index (χ1v) is 14.3. The number of benzene rings is 1. The first-order chi connectivity index (χ1) is 18.4. The molecule has 0 aliphatic carbocycles. The Morgan fingerprint density at radius 3 is 2.46 bits per heavy atom. The largest absolute Gasteiger partial charge is 0.494 e. The van der Waals surface area contributed by atoms with Crippen LogP contribution >= 0.6 is 11.3 Å². The average molecular weight is 556 g/mol. The van der Waals surface area contributed by atoms with E-state index in [2.05, 4.69) is 31.4 Å². The van der Waals surface area contributed by atoms with E-state index >= 15 is 0 Å². The molecular formula is C29H41N5O4S. The van der Waals surface area contributed by atoms with Gasteiger partial charge in [-0.3, -0.25) is 19.8 Å². The molecule has 1 aliphatic rings. The van der Waals surface area contributed by atoms with E-state index in [9.17, 15) is 14.4 Å². The standard InChI is InChI=1S/C29H41N5O4S/c1-18-13-24(28(37)33-15-23-14-20(17-39-23)27(30)31)34(19(18)2)26(36)16-32-25(35)7-6-12-38-22-10-8-21(9-11-22)29(3,4)5/h8-11,14,17-19,24H,6-7,12-13,15-16H2,1-5H3,(H3,30,31)(H,32,35)(H,33,37)/t18-,19?,24?/m0/s1. The smallest absolute Gasteiger partial charge is 0.243 e. The van der Waals surface area contributed by atoms with E-state index in [0.717, 1.165) is 10.6 Å². The fourth-order valence-electron chi connectivity index (χ4n) is 4.59. The molecule has 212 valence electrons. The van der Waals surface area contributed by atoms with Crippen LogP contribution in [-0.2, 0) is 26.3 Å². The lowest BCUT2D eigenvalue weighted by Gasteiger charge is -2.28. The molecule has 1 fully saturated rings. The van der Waals surface area contributed by atoms with Crippen molar-refractivity contribution >= 4 is 34.9 Å². The average Bonchev–Trinajstić information content (AvgIpc) is 3.48. The van der Waals surface area contributed by atoms with Crippen LogP contribution in [0.3, 0.4) is 0 Å². The van der Waals surface area contributed by atoms with Gasteiger partial charge in [-0.2, -0.15) is 0 Å². The van der Waals surface area contributed by atoms with Crippen LogP contribution in [-0.4, -0.2) is 53.7 Å². The number of carbonyl (C=O) groups is 3. The summed E-state index contributed by atoms with van der Waals surface area (Å²) in [7, 11) is 0. The summed E-state index contributed by atoms with van der Waals surface area (Å²) in [5.41, 5.74) is 7.44. The third-order valence-corrected chi connectivity index (χ3v) is 8.10. The number of likely N-dealkylation sites (tertiary alicyclic amines) is 1. The third-order valence-electron chi connectivity index (χ3n) is 7.16. The Morgan fingerprint density at radius 2 is 1.85 bits per heavy atom. The molecule has 5 N–H and O–H groups in total. The number of nitrogen functional groups attached to an aromatic ring is 1. The van der Waals surface area contributed by atoms with Crippen molar-refractivity contribution in [3.63, 3.8) is 0 Å². The van der Waals surface area contributed by atoms with Gasteiger partial charge in [0.2, 0.25) is 17.7 Å². The lowest BCUT2D eigenvalue weighted by Crippen LogP contribution is -2.51. The minimum absolute atomic E-state index is 0.0143. The molecule has 0 radical (unpaired) electrons. The van der Waals surface area contributed by atoms with E-state index in [-0.39, 0.29) is 53.9 Å². The summed E-state index contributed by atoms with van der Waals surface area (Å²) < 4.78 is 5.75. The number of thiophene rings is 1. The van der Waals surface area contributed by atoms with Crippen molar-refractivity contribution in [2.24, 2.45) is 11.7 Å². The maximum atomic E-state index is 13.1. The van der Waals surface area contributed by atoms with Gasteiger partial charge in [0.25, 0.3) is 0 Å². The number of nitrogens with one attached hydrogen (secondary N) is 3. The number of nitrogens with two attached hydrogens (primary N) is 1. The predicted octanol–water partition coefficient (Wildman–Crippen LogP) is 3.55. The van der Waals surface area contributed by atoms with Crippen LogP contribution < -0.4 is 21.1 Å². The van der Waals surface area contributed by atoms with E-state index in [1.807, 2.05) is 38.1 Å². The highest BCUT2D eigenvalue weighted by atomic mass is 32.1. The van der Waals surface area contributed by atoms with Crippen molar-refractivity contribution in [3.8, 4) is 5.75 Å². The Balaban J connectivity index is 1.43. The second kappa shape index (κ2) is 13.1. The molecule has 9 nitrogen and oxygen atoms in total. The summed E-state index contributed by atoms with van der Waals surface area (Å²) in [5, 5.41) is 14.9. The van der Waals surface area contributed by atoms with Crippen LogP contribution in [0.1, 0.15) is 69.9 Å². The highest BCUT2D eigenvalue weighted by molar-refractivity contribution is 7.10. The Labute approximate surface area is 235 Å². The van der Waals surface area contributed by atoms with E-state index in [0.29, 0.717) is 31.6 Å². The number of hydrogen-bond donors (Lipinski definition) is 4. The minimum Gasteiger partial charge on any atom is -0.494 e. The molecule has 3 atom stereocenters. The van der Waals surface area contributed by atoms with E-state index in [1.54, 1.807) is 16.3 Å². The van der Waals surface area contributed by atoms with E-state index in [1.165, 1.54) is 16.9 Å². The molecule has 39 heavy (non-hydrogen) atoms. The topological polar surface area (TPSA) is 138 Å². The fraction of sp³-hybridized carbons (Fsp3) is 0.517. The number of hydrogen-bond acceptors (Lipinski definition) is 6. The summed E-state index contributed by atoms with van der Waals surface area (Å²) >= 11 is 1.42. The highest BCUT2D eigenvalue weighted by Crippen LogP contribution is 2.30. The monoisotopic (exact) mass is 555 g/mol. The first-order valence-electron chi connectivity index (χ1n) is 13.4. The van der Waals surface area contributed by atoms with Gasteiger partial charge < -0.3 is 26.0 Å². The molecule has 10 heteroatoms. The Morgan fingerprint density at radius 1 is 1.15 bits per heavy atom. The zero-order chi connectivity index (χ0) is 28.7. The molecule has 1 aliphatic heterocycles. The zero-order valence-corrected chi connectivity index (χ0v) is 24.3. The highest BCUT2D eigenvalue weighted by Gasteiger charge is 2.42. The van der Waals surface area contributed by atoms with Gasteiger partial charge in [-0.05, 0) is 54.9 Å². The van der Waals surface area contributed by atoms with Crippen molar-refractivity contribution in [2.75, 3.05) is 13.2 Å². The Bertz CT molecular complexity index is 1170. The Hall–Kier alpha value is -3.40. The summed E-state index contributed by atoms with van der Waals surface area (Å²) in [6, 6.07) is 9.04. The molecule has 0 saturated carbocycles. The van der Waals surface area contributed by atoms with Gasteiger partial charge >= 0.3 is 0 Å². The van der Waals surface area contributed by atoms with Crippen molar-refractivity contribution in [2.45, 2.75) is 77.9 Å². The molecule has 2 unspecified atom stereocenters. The molecule has 2 heterocycles. The summed E-state index contributed by atoms with van der Waals surface area (Å²) in [6.45, 7) is 11.0. The van der Waals surface area contributed by atoms with Gasteiger partial charge in [0.05, 0.1) is 19.7 Å². The van der Waals surface area contributed by atoms with Crippen molar-refractivity contribution < 1.29 is 19.1 Å². The molecule has 0 spiro atoms. The van der Waals surface area contributed by atoms with E-state index < -0.39 is 6.04 Å². The van der Waals surface area contributed by atoms with Gasteiger partial charge in [-0.15, -0.1) is 11.3 Å². The minimum atomic E-state index is -0.593. The fourth-order valence-corrected chi connectivity index (χ4v) is 5.41. The molecule has 3 rings (SSSR count). The number of carbonyl (C=O) groups excluding carboxylic acids is 3. The van der Waals surface area contributed by atoms with E-state index in [4.69, 9.17) is 15.9 Å². The maximum absolute atomic E-state index is 13.1. The summed E-state index contributed by atoms with van der Waals surface area (Å²) in [6.07, 6.45) is 1.33. The number of amides is 3. The van der Waals surface area contributed by atoms with Crippen molar-refractivity contribution in [1.82, 2.24) is 15.5 Å². The molecule has 2 aromatic rings. The molecule has 1 aromatic carbocycles. The zero-order valence-electron chi connectivity index (χ0n) is 23.5. The van der Waals surface area contributed by atoms with Gasteiger partial charge in [0, 0.05) is 28.3 Å². The van der Waals surface area contributed by atoms with Gasteiger partial charge in [-0.25, -0.2) is 0 Å². The van der Waals surface area contributed by atoms with Crippen LogP contribution in [0.5, 0.6) is 5.75 Å². The normalized spacial score (nSPS) is 19.0. The van der Waals surface area contributed by atoms with Crippen LogP contribution in [0.2, 0.25) is 0 Å². The number of amidine groups is 1. The van der Waals surface area contributed by atoms with Crippen molar-refractivity contribution in [1.29, 1.82) is 5.41 Å². The van der Waals surface area contributed by atoms with Gasteiger partial charge in [0.1, 0.15) is 17.6 Å². The van der Waals surface area contributed by atoms with Crippen LogP contribution in [0.4, 0.5) is 0 Å². The predicted molar refractivity (Wildman–Crippen MR) is 154 cm³/mol. The van der Waals surface area contributed by atoms with Gasteiger partial charge in [-0.1, -0.05) is 39.8 Å². The Kier molecular flexibility index (Phi) is 10.1. The van der Waals surface area contributed by atoms with Gasteiger partial charge in [0.15, 0.2) is 0 Å². The second-order valence-electron chi connectivity index (χ2n) is 11.2. The molecular weight excluding hydrogens is 514 g/mol. The summed E-state index contributed by atoms with van der Waals surface area (Å²) in [5.74, 6) is 0.177.